The summed E-state index contributed by atoms with van der Waals surface area (Å²) in [7, 11) is 1.33. The molecule has 6 rings (SSSR count). The Morgan fingerprint density at radius 2 is 2.03 bits per heavy atom. The molecular weight excluding hydrogens is 513 g/mol. The van der Waals surface area contributed by atoms with Gasteiger partial charge in [0.15, 0.2) is 5.82 Å². The van der Waals surface area contributed by atoms with Crippen molar-refractivity contribution in [3.63, 3.8) is 0 Å². The van der Waals surface area contributed by atoms with Crippen molar-refractivity contribution in [2.24, 2.45) is 0 Å². The van der Waals surface area contributed by atoms with Crippen molar-refractivity contribution in [3.05, 3.63) is 36.0 Å². The molecule has 0 radical (unpaired) electrons. The predicted molar refractivity (Wildman–Crippen MR) is 128 cm³/mol. The first-order valence-electron chi connectivity index (χ1n) is 12.0. The van der Waals surface area contributed by atoms with Crippen LogP contribution in [0.25, 0.3) is 27.7 Å². The van der Waals surface area contributed by atoms with Crippen molar-refractivity contribution in [3.8, 4) is 17.0 Å². The number of likely N-dealkylation sites (tertiary alicyclic amines) is 1. The molecule has 1 atom stereocenters. The van der Waals surface area contributed by atoms with Crippen molar-refractivity contribution in [1.82, 2.24) is 29.0 Å². The summed E-state index contributed by atoms with van der Waals surface area (Å²) in [5.74, 6) is -3.49. The monoisotopic (exact) mass is 537 g/mol. The standard InChI is InChI=1S/C24H24F5N7O2/c1-12-30-16-4-3-13(5-17(16)35(12)8-19(26)27)20-15(25)6-36-21(20)22(37-2)32-23(33-36)31-18-7-34(11-24(18,28)29)14-9-38-10-14/h3-6,14,18-19H,7-11H2,1-2H3,(H,31,33)/t18-/m1/s1. The lowest BCUT2D eigenvalue weighted by Gasteiger charge is -2.34. The van der Waals surface area contributed by atoms with E-state index in [-0.39, 0.29) is 35.5 Å². The fraction of sp³-hybridized carbons (Fsp3) is 0.458. The third-order valence-corrected chi connectivity index (χ3v) is 7.08. The van der Waals surface area contributed by atoms with Gasteiger partial charge in [0, 0.05) is 6.54 Å². The molecule has 2 saturated heterocycles. The quantitative estimate of drug-likeness (QED) is 0.361. The number of halogens is 5. The van der Waals surface area contributed by atoms with E-state index in [1.165, 1.54) is 16.2 Å². The number of alkyl halides is 4. The Labute approximate surface area is 213 Å². The number of nitrogens with zero attached hydrogens (tertiary/aromatic N) is 6. The van der Waals surface area contributed by atoms with Crippen LogP contribution >= 0.6 is 0 Å². The molecule has 3 aromatic heterocycles. The zero-order valence-corrected chi connectivity index (χ0v) is 20.5. The van der Waals surface area contributed by atoms with Gasteiger partial charge >= 0.3 is 0 Å². The Morgan fingerprint density at radius 3 is 2.71 bits per heavy atom. The van der Waals surface area contributed by atoms with Gasteiger partial charge in [-0.25, -0.2) is 31.5 Å². The number of anilines is 1. The molecule has 0 unspecified atom stereocenters. The van der Waals surface area contributed by atoms with E-state index in [9.17, 15) is 17.6 Å². The maximum Gasteiger partial charge on any atom is 0.281 e. The van der Waals surface area contributed by atoms with Crippen LogP contribution in [0.4, 0.5) is 27.9 Å². The number of imidazole rings is 1. The molecule has 202 valence electrons. The molecule has 0 saturated carbocycles. The number of methoxy groups -OCH3 is 1. The van der Waals surface area contributed by atoms with Gasteiger partial charge in [0.25, 0.3) is 12.3 Å². The Kier molecular flexibility index (Phi) is 5.90. The summed E-state index contributed by atoms with van der Waals surface area (Å²) in [6.07, 6.45) is -1.50. The van der Waals surface area contributed by atoms with E-state index in [0.717, 1.165) is 6.20 Å². The van der Waals surface area contributed by atoms with E-state index in [1.54, 1.807) is 30.0 Å². The fourth-order valence-corrected chi connectivity index (χ4v) is 5.10. The number of nitrogens with one attached hydrogen (secondary N) is 1. The smallest absolute Gasteiger partial charge is 0.281 e. The number of ether oxygens (including phenoxy) is 2. The Bertz CT molecular complexity index is 1520. The number of hydrogen-bond donors (Lipinski definition) is 1. The minimum atomic E-state index is -3.04. The van der Waals surface area contributed by atoms with Gasteiger partial charge in [0.05, 0.1) is 62.2 Å². The molecule has 2 aliphatic rings. The summed E-state index contributed by atoms with van der Waals surface area (Å²) in [5, 5.41) is 6.92. The molecule has 0 amide bonds. The van der Waals surface area contributed by atoms with Gasteiger partial charge in [-0.15, -0.1) is 5.10 Å². The SMILES string of the molecule is COc1nc(N[C@@H]2CN(C3COC3)CC2(F)F)nn2cc(F)c(-c3ccc4nc(C)n(CC(F)F)c4c3)c12. The second-order valence-corrected chi connectivity index (χ2v) is 9.53. The first kappa shape index (κ1) is 24.8. The van der Waals surface area contributed by atoms with Gasteiger partial charge in [-0.3, -0.25) is 4.90 Å². The number of hydrogen-bond acceptors (Lipinski definition) is 7. The van der Waals surface area contributed by atoms with E-state index in [4.69, 9.17) is 9.47 Å². The van der Waals surface area contributed by atoms with Crippen LogP contribution in [0.3, 0.4) is 0 Å². The second-order valence-electron chi connectivity index (χ2n) is 9.53. The molecule has 2 aliphatic heterocycles. The predicted octanol–water partition coefficient (Wildman–Crippen LogP) is 3.60. The third-order valence-electron chi connectivity index (χ3n) is 7.08. The number of rotatable bonds is 7. The van der Waals surface area contributed by atoms with Crippen molar-refractivity contribution in [2.75, 3.05) is 38.7 Å². The highest BCUT2D eigenvalue weighted by Gasteiger charge is 2.51. The highest BCUT2D eigenvalue weighted by molar-refractivity contribution is 5.90. The lowest BCUT2D eigenvalue weighted by Crippen LogP contribution is -2.48. The lowest BCUT2D eigenvalue weighted by molar-refractivity contribution is -0.0711. The molecular formula is C24H24F5N7O2. The highest BCUT2D eigenvalue weighted by Crippen LogP contribution is 2.37. The molecule has 9 nitrogen and oxygen atoms in total. The van der Waals surface area contributed by atoms with Crippen molar-refractivity contribution in [2.45, 2.75) is 37.9 Å². The molecule has 38 heavy (non-hydrogen) atoms. The highest BCUT2D eigenvalue weighted by atomic mass is 19.3. The summed E-state index contributed by atoms with van der Waals surface area (Å²) < 4.78 is 84.2. The zero-order chi connectivity index (χ0) is 26.8. The van der Waals surface area contributed by atoms with Gasteiger partial charge in [0.1, 0.15) is 17.4 Å². The molecule has 1 N–H and O–H groups in total. The van der Waals surface area contributed by atoms with E-state index in [0.29, 0.717) is 35.6 Å². The average molecular weight is 537 g/mol. The normalized spacial score (nSPS) is 20.1. The topological polar surface area (TPSA) is 81.7 Å². The van der Waals surface area contributed by atoms with Crippen LogP contribution < -0.4 is 10.1 Å². The number of fused-ring (bicyclic) bond motifs is 2. The summed E-state index contributed by atoms with van der Waals surface area (Å²) in [6.45, 7) is 1.56. The van der Waals surface area contributed by atoms with Crippen LogP contribution in [0.15, 0.2) is 24.4 Å². The molecule has 2 fully saturated rings. The molecule has 0 bridgehead atoms. The van der Waals surface area contributed by atoms with E-state index in [2.05, 4.69) is 20.4 Å². The maximum atomic E-state index is 15.3. The van der Waals surface area contributed by atoms with Gasteiger partial charge in [-0.2, -0.15) is 4.98 Å². The van der Waals surface area contributed by atoms with E-state index < -0.39 is 37.3 Å². The van der Waals surface area contributed by atoms with Crippen LogP contribution in [0.2, 0.25) is 0 Å². The molecule has 4 aromatic rings. The Hall–Kier alpha value is -3.52. The largest absolute Gasteiger partial charge is 0.479 e. The van der Waals surface area contributed by atoms with Gasteiger partial charge in [-0.1, -0.05) is 6.07 Å². The van der Waals surface area contributed by atoms with Crippen LogP contribution in [0.5, 0.6) is 5.88 Å². The lowest BCUT2D eigenvalue weighted by atomic mass is 10.1. The number of benzene rings is 1. The minimum Gasteiger partial charge on any atom is -0.479 e. The van der Waals surface area contributed by atoms with Gasteiger partial charge in [0.2, 0.25) is 11.8 Å². The van der Waals surface area contributed by atoms with Crippen molar-refractivity contribution in [1.29, 1.82) is 0 Å². The van der Waals surface area contributed by atoms with Gasteiger partial charge < -0.3 is 19.4 Å². The van der Waals surface area contributed by atoms with Crippen LogP contribution in [-0.2, 0) is 11.3 Å². The van der Waals surface area contributed by atoms with Crippen molar-refractivity contribution >= 4 is 22.5 Å². The molecule has 1 aromatic carbocycles. The Balaban J connectivity index is 1.38. The van der Waals surface area contributed by atoms with E-state index in [1.807, 2.05) is 0 Å². The first-order valence-corrected chi connectivity index (χ1v) is 12.0. The average Bonchev–Trinajstić information content (AvgIpc) is 3.41. The maximum absolute atomic E-state index is 15.3. The first-order chi connectivity index (χ1) is 18.1. The van der Waals surface area contributed by atoms with Gasteiger partial charge in [-0.05, 0) is 24.6 Å². The molecule has 5 heterocycles. The molecule has 0 aliphatic carbocycles. The molecule has 14 heteroatoms. The van der Waals surface area contributed by atoms with Crippen LogP contribution in [0, 0.1) is 12.7 Å². The second kappa shape index (κ2) is 9.05. The number of aryl methyl sites for hydroxylation is 1. The minimum absolute atomic E-state index is 0.0377. The summed E-state index contributed by atoms with van der Waals surface area (Å²) in [4.78, 5) is 10.2. The fourth-order valence-electron chi connectivity index (χ4n) is 5.10. The van der Waals surface area contributed by atoms with Crippen molar-refractivity contribution < 1.29 is 31.4 Å². The summed E-state index contributed by atoms with van der Waals surface area (Å²) >= 11 is 0. The summed E-state index contributed by atoms with van der Waals surface area (Å²) in [6, 6.07) is 3.49. The zero-order valence-electron chi connectivity index (χ0n) is 20.5. The van der Waals surface area contributed by atoms with E-state index >= 15 is 4.39 Å². The number of aromatic nitrogens is 5. The summed E-state index contributed by atoms with van der Waals surface area (Å²) in [5.41, 5.74) is 1.53. The molecule has 0 spiro atoms. The van der Waals surface area contributed by atoms with Crippen LogP contribution in [0.1, 0.15) is 5.82 Å². The Morgan fingerprint density at radius 1 is 1.24 bits per heavy atom. The van der Waals surface area contributed by atoms with Crippen LogP contribution in [-0.4, -0.2) is 86.9 Å². The third kappa shape index (κ3) is 4.11.